The first kappa shape index (κ1) is 18.8. The van der Waals surface area contributed by atoms with E-state index in [1.165, 1.54) is 57.8 Å². The van der Waals surface area contributed by atoms with Gasteiger partial charge in [-0.05, 0) is 26.0 Å². The van der Waals surface area contributed by atoms with Crippen molar-refractivity contribution in [2.75, 3.05) is 5.75 Å². The maximum Gasteiger partial charge on any atom is 0.319 e. The zero-order valence-electron chi connectivity index (χ0n) is 13.0. The average molecular weight is 288 g/mol. The minimum absolute atomic E-state index is 0.626. The highest BCUT2D eigenvalue weighted by atomic mass is 32.2. The lowest BCUT2D eigenvalue weighted by Crippen LogP contribution is -2.27. The van der Waals surface area contributed by atoms with Gasteiger partial charge in [0, 0.05) is 0 Å². The molecule has 19 heavy (non-hydrogen) atoms. The molecule has 0 amide bonds. The number of carbonyl (C=O) groups is 1. The maximum atomic E-state index is 10.9. The normalized spacial score (nSPS) is 11.7. The van der Waals surface area contributed by atoms with Crippen LogP contribution in [0.25, 0.3) is 0 Å². The van der Waals surface area contributed by atoms with Crippen molar-refractivity contribution in [2.45, 2.75) is 89.7 Å². The molecule has 0 aromatic heterocycles. The van der Waals surface area contributed by atoms with E-state index >= 15 is 0 Å². The number of carboxylic acids is 1. The first-order valence-electron chi connectivity index (χ1n) is 7.88. The summed E-state index contributed by atoms with van der Waals surface area (Å²) in [6.45, 7) is 5.83. The molecule has 3 heteroatoms. The van der Waals surface area contributed by atoms with Crippen molar-refractivity contribution >= 4 is 17.7 Å². The second-order valence-corrected chi connectivity index (χ2v) is 7.56. The Morgan fingerprint density at radius 2 is 1.32 bits per heavy atom. The number of hydrogen-bond acceptors (Lipinski definition) is 2. The number of unbranched alkanes of at least 4 members (excludes halogenated alkanes) is 9. The zero-order valence-corrected chi connectivity index (χ0v) is 13.9. The van der Waals surface area contributed by atoms with E-state index < -0.39 is 10.7 Å². The van der Waals surface area contributed by atoms with Gasteiger partial charge in [0.15, 0.2) is 0 Å². The Kier molecular flexibility index (Phi) is 11.5. The molecule has 0 aromatic rings. The molecule has 0 atom stereocenters. The minimum Gasteiger partial charge on any atom is -0.480 e. The maximum absolute atomic E-state index is 10.9. The summed E-state index contributed by atoms with van der Waals surface area (Å²) in [4.78, 5) is 10.9. The van der Waals surface area contributed by atoms with E-state index in [2.05, 4.69) is 6.92 Å². The molecule has 0 fully saturated rings. The Bertz CT molecular complexity index is 227. The molecule has 0 saturated carbocycles. The number of thioether (sulfide) groups is 1. The van der Waals surface area contributed by atoms with Gasteiger partial charge in [-0.25, -0.2) is 0 Å². The first-order chi connectivity index (χ1) is 9.00. The molecule has 0 aliphatic rings. The second kappa shape index (κ2) is 11.6. The highest BCUT2D eigenvalue weighted by Crippen LogP contribution is 2.25. The fourth-order valence-electron chi connectivity index (χ4n) is 1.98. The van der Waals surface area contributed by atoms with E-state index in [-0.39, 0.29) is 0 Å². The molecule has 0 unspecified atom stereocenters. The fraction of sp³-hybridized carbons (Fsp3) is 0.938. The average Bonchev–Trinajstić information content (AvgIpc) is 2.35. The summed E-state index contributed by atoms with van der Waals surface area (Å²) in [6, 6.07) is 0. The summed E-state index contributed by atoms with van der Waals surface area (Å²) in [6.07, 6.45) is 13.3. The summed E-state index contributed by atoms with van der Waals surface area (Å²) in [5, 5.41) is 8.98. The van der Waals surface area contributed by atoms with Crippen LogP contribution >= 0.6 is 11.8 Å². The Balaban J connectivity index is 3.21. The standard InChI is InChI=1S/C16H32O2S/c1-4-5-6-7-8-9-10-11-12-13-14-19-16(2,3)15(17)18/h4-14H2,1-3H3,(H,17,18). The molecule has 0 aliphatic carbocycles. The van der Waals surface area contributed by atoms with Crippen LogP contribution in [0.15, 0.2) is 0 Å². The largest absolute Gasteiger partial charge is 0.480 e. The molecular formula is C16H32O2S. The van der Waals surface area contributed by atoms with Crippen LogP contribution in [0.4, 0.5) is 0 Å². The van der Waals surface area contributed by atoms with E-state index in [4.69, 9.17) is 5.11 Å². The van der Waals surface area contributed by atoms with Gasteiger partial charge < -0.3 is 5.11 Å². The minimum atomic E-state index is -0.704. The molecule has 0 radical (unpaired) electrons. The fourth-order valence-corrected chi connectivity index (χ4v) is 2.96. The van der Waals surface area contributed by atoms with Crippen molar-refractivity contribution in [3.63, 3.8) is 0 Å². The van der Waals surface area contributed by atoms with Gasteiger partial charge in [0.1, 0.15) is 4.75 Å². The molecule has 0 heterocycles. The molecule has 0 saturated heterocycles. The van der Waals surface area contributed by atoms with Gasteiger partial charge in [-0.2, -0.15) is 0 Å². The lowest BCUT2D eigenvalue weighted by Gasteiger charge is -2.17. The summed E-state index contributed by atoms with van der Waals surface area (Å²) < 4.78 is -0.626. The molecule has 0 aromatic carbocycles. The number of rotatable bonds is 13. The van der Waals surface area contributed by atoms with Crippen molar-refractivity contribution in [3.05, 3.63) is 0 Å². The van der Waals surface area contributed by atoms with Crippen LogP contribution in [0, 0.1) is 0 Å². The molecular weight excluding hydrogens is 256 g/mol. The predicted molar refractivity (Wildman–Crippen MR) is 86.0 cm³/mol. The number of carboxylic acid groups (broad SMARTS) is 1. The molecule has 1 N–H and O–H groups in total. The van der Waals surface area contributed by atoms with Crippen molar-refractivity contribution in [1.29, 1.82) is 0 Å². The summed E-state index contributed by atoms with van der Waals surface area (Å²) >= 11 is 1.56. The topological polar surface area (TPSA) is 37.3 Å². The van der Waals surface area contributed by atoms with Gasteiger partial charge in [0.05, 0.1) is 0 Å². The third-order valence-electron chi connectivity index (χ3n) is 3.48. The molecule has 0 rings (SSSR count). The van der Waals surface area contributed by atoms with E-state index in [0.717, 1.165) is 12.2 Å². The summed E-state index contributed by atoms with van der Waals surface area (Å²) in [5.74, 6) is 0.264. The highest BCUT2D eigenvalue weighted by Gasteiger charge is 2.26. The van der Waals surface area contributed by atoms with Gasteiger partial charge >= 0.3 is 5.97 Å². The van der Waals surface area contributed by atoms with Gasteiger partial charge in [-0.15, -0.1) is 11.8 Å². The molecule has 0 aliphatic heterocycles. The van der Waals surface area contributed by atoms with Crippen LogP contribution in [0.3, 0.4) is 0 Å². The van der Waals surface area contributed by atoms with Gasteiger partial charge in [0.25, 0.3) is 0 Å². The van der Waals surface area contributed by atoms with E-state index in [1.54, 1.807) is 25.6 Å². The lowest BCUT2D eigenvalue weighted by atomic mass is 10.1. The Labute approximate surface area is 123 Å². The number of hydrogen-bond donors (Lipinski definition) is 1. The zero-order chi connectivity index (χ0) is 14.6. The van der Waals surface area contributed by atoms with E-state index in [9.17, 15) is 4.79 Å². The quantitative estimate of drug-likeness (QED) is 0.454. The molecule has 0 spiro atoms. The van der Waals surface area contributed by atoms with Crippen molar-refractivity contribution in [2.24, 2.45) is 0 Å². The molecule has 2 nitrogen and oxygen atoms in total. The SMILES string of the molecule is CCCCCCCCCCCCSC(C)(C)C(=O)O. The van der Waals surface area contributed by atoms with Crippen molar-refractivity contribution in [3.8, 4) is 0 Å². The first-order valence-corrected chi connectivity index (χ1v) is 8.86. The summed E-state index contributed by atoms with van der Waals surface area (Å²) in [5.41, 5.74) is 0. The predicted octanol–water partition coefficient (Wildman–Crippen LogP) is 5.50. The van der Waals surface area contributed by atoms with E-state index in [1.807, 2.05) is 0 Å². The highest BCUT2D eigenvalue weighted by molar-refractivity contribution is 8.01. The van der Waals surface area contributed by atoms with Crippen LogP contribution in [0.5, 0.6) is 0 Å². The van der Waals surface area contributed by atoms with Crippen molar-refractivity contribution in [1.82, 2.24) is 0 Å². The van der Waals surface area contributed by atoms with Crippen LogP contribution in [0.1, 0.15) is 85.0 Å². The number of aliphatic carboxylic acids is 1. The monoisotopic (exact) mass is 288 g/mol. The van der Waals surface area contributed by atoms with E-state index in [0.29, 0.717) is 0 Å². The Hall–Kier alpha value is -0.180. The Morgan fingerprint density at radius 3 is 1.74 bits per heavy atom. The summed E-state index contributed by atoms with van der Waals surface area (Å²) in [7, 11) is 0. The van der Waals surface area contributed by atoms with Crippen LogP contribution < -0.4 is 0 Å². The van der Waals surface area contributed by atoms with Crippen LogP contribution in [0.2, 0.25) is 0 Å². The Morgan fingerprint density at radius 1 is 0.895 bits per heavy atom. The lowest BCUT2D eigenvalue weighted by molar-refractivity contribution is -0.138. The molecule has 114 valence electrons. The third kappa shape index (κ3) is 11.4. The second-order valence-electron chi connectivity index (χ2n) is 5.85. The van der Waals surface area contributed by atoms with Gasteiger partial charge in [-0.3, -0.25) is 4.79 Å². The van der Waals surface area contributed by atoms with Gasteiger partial charge in [-0.1, -0.05) is 64.7 Å². The third-order valence-corrected chi connectivity index (χ3v) is 4.86. The van der Waals surface area contributed by atoms with Crippen LogP contribution in [-0.2, 0) is 4.79 Å². The molecule has 0 bridgehead atoms. The van der Waals surface area contributed by atoms with Crippen molar-refractivity contribution < 1.29 is 9.90 Å². The van der Waals surface area contributed by atoms with Gasteiger partial charge in [0.2, 0.25) is 0 Å². The van der Waals surface area contributed by atoms with Crippen LogP contribution in [-0.4, -0.2) is 21.6 Å². The smallest absolute Gasteiger partial charge is 0.319 e.